The van der Waals surface area contributed by atoms with Crippen molar-refractivity contribution in [1.29, 1.82) is 0 Å². The van der Waals surface area contributed by atoms with Crippen molar-refractivity contribution in [1.82, 2.24) is 40.4 Å². The number of carboxylic acid groups (broad SMARTS) is 1. The summed E-state index contributed by atoms with van der Waals surface area (Å²) in [7, 11) is 0. The first-order chi connectivity index (χ1) is 30.1. The Morgan fingerprint density at radius 2 is 1.61 bits per heavy atom. The van der Waals surface area contributed by atoms with E-state index in [2.05, 4.69) is 73.0 Å². The summed E-state index contributed by atoms with van der Waals surface area (Å²) >= 11 is 6.46. The third kappa shape index (κ3) is 9.69. The number of halogens is 1. The molecule has 1 amide bonds. The number of aromatic amines is 1. The molecule has 62 heavy (non-hydrogen) atoms. The highest BCUT2D eigenvalue weighted by Crippen LogP contribution is 2.39. The molecule has 1 saturated heterocycles. The molecule has 2 N–H and O–H groups in total. The number of amides is 1. The van der Waals surface area contributed by atoms with Crippen molar-refractivity contribution in [3.63, 3.8) is 0 Å². The molecule has 4 heterocycles. The Morgan fingerprint density at radius 3 is 2.35 bits per heavy atom. The molecule has 0 unspecified atom stereocenters. The lowest BCUT2D eigenvalue weighted by Crippen LogP contribution is -2.47. The lowest BCUT2D eigenvalue weighted by atomic mass is 9.88. The van der Waals surface area contributed by atoms with Crippen LogP contribution in [-0.2, 0) is 41.9 Å². The van der Waals surface area contributed by atoms with Crippen molar-refractivity contribution in [3.05, 3.63) is 153 Å². The molecule has 1 atom stereocenters. The topological polar surface area (TPSA) is 141 Å². The Bertz CT molecular complexity index is 2560. The quantitative estimate of drug-likeness (QED) is 0.110. The van der Waals surface area contributed by atoms with Crippen LogP contribution in [0.25, 0.3) is 28.1 Å². The van der Waals surface area contributed by atoms with Crippen LogP contribution < -0.4 is 0 Å². The Hall–Kier alpha value is -6.04. The van der Waals surface area contributed by atoms with Gasteiger partial charge in [0.2, 0.25) is 11.7 Å². The molecular weight excluding hydrogens is 796 g/mol. The van der Waals surface area contributed by atoms with Gasteiger partial charge >= 0.3 is 5.97 Å². The summed E-state index contributed by atoms with van der Waals surface area (Å²) < 4.78 is 0. The summed E-state index contributed by atoms with van der Waals surface area (Å²) in [6.45, 7) is 8.67. The molecule has 6 aromatic rings. The second-order valence-corrected chi connectivity index (χ2v) is 17.3. The van der Waals surface area contributed by atoms with Gasteiger partial charge in [-0.2, -0.15) is 5.21 Å². The fraction of sp³-hybridized carbons (Fsp3) is 0.340. The number of hydrogen-bond donors (Lipinski definition) is 2. The molecule has 0 spiro atoms. The van der Waals surface area contributed by atoms with Crippen molar-refractivity contribution in [3.8, 4) is 22.5 Å². The number of carbonyl (C=O) groups excluding carboxylic acids is 1. The third-order valence-corrected chi connectivity index (χ3v) is 12.4. The van der Waals surface area contributed by atoms with Gasteiger partial charge in [0.05, 0.1) is 5.69 Å². The van der Waals surface area contributed by atoms with Crippen molar-refractivity contribution >= 4 is 29.1 Å². The predicted molar refractivity (Wildman–Crippen MR) is 242 cm³/mol. The largest absolute Gasteiger partial charge is 0.480 e. The number of nitrogens with zero attached hydrogens (tertiary/aromatic N) is 7. The van der Waals surface area contributed by atoms with Gasteiger partial charge in [-0.3, -0.25) is 19.7 Å². The Balaban J connectivity index is 0.971. The number of piperidine rings is 1. The molecule has 2 aliphatic rings. The van der Waals surface area contributed by atoms with Crippen LogP contribution in [-0.4, -0.2) is 76.5 Å². The van der Waals surface area contributed by atoms with E-state index >= 15 is 0 Å². The normalized spacial score (nSPS) is 14.6. The Morgan fingerprint density at radius 1 is 0.855 bits per heavy atom. The van der Waals surface area contributed by atoms with E-state index in [0.717, 1.165) is 102 Å². The minimum Gasteiger partial charge on any atom is -0.480 e. The van der Waals surface area contributed by atoms with E-state index in [0.29, 0.717) is 18.7 Å². The number of aliphatic carboxylic acids is 1. The van der Waals surface area contributed by atoms with Gasteiger partial charge in [-0.05, 0) is 124 Å². The molecule has 1 fully saturated rings. The first kappa shape index (κ1) is 42.6. The van der Waals surface area contributed by atoms with E-state index in [1.807, 2.05) is 75.8 Å². The maximum atomic E-state index is 13.3. The molecular formula is C50H53ClN8O3. The van der Waals surface area contributed by atoms with Crippen LogP contribution in [0.4, 0.5) is 0 Å². The highest BCUT2D eigenvalue weighted by Gasteiger charge is 2.32. The van der Waals surface area contributed by atoms with Gasteiger partial charge in [-0.15, -0.1) is 10.2 Å². The number of H-pyrrole nitrogens is 1. The number of pyridine rings is 2. The highest BCUT2D eigenvalue weighted by molar-refractivity contribution is 6.30. The minimum atomic E-state index is -0.989. The molecule has 0 bridgehead atoms. The van der Waals surface area contributed by atoms with Gasteiger partial charge in [-0.1, -0.05) is 99.0 Å². The van der Waals surface area contributed by atoms with Gasteiger partial charge in [0.15, 0.2) is 0 Å². The molecule has 318 valence electrons. The van der Waals surface area contributed by atoms with Crippen LogP contribution in [0.1, 0.15) is 97.5 Å². The number of carbonyl (C=O) groups is 2. The van der Waals surface area contributed by atoms with Crippen molar-refractivity contribution < 1.29 is 14.7 Å². The molecule has 3 aromatic heterocycles. The third-order valence-electron chi connectivity index (χ3n) is 12.2. The number of carboxylic acids is 1. The van der Waals surface area contributed by atoms with E-state index in [1.165, 1.54) is 38.3 Å². The number of nitrogens with one attached hydrogen (secondary N) is 1. The maximum Gasteiger partial charge on any atom is 0.326 e. The highest BCUT2D eigenvalue weighted by atomic mass is 35.5. The maximum absolute atomic E-state index is 13.3. The summed E-state index contributed by atoms with van der Waals surface area (Å²) in [5.74, 6) is -0.876. The molecule has 12 heteroatoms. The van der Waals surface area contributed by atoms with E-state index in [-0.39, 0.29) is 18.4 Å². The molecule has 1 aliphatic carbocycles. The van der Waals surface area contributed by atoms with Crippen LogP contribution in [0, 0.1) is 5.92 Å². The molecule has 0 radical (unpaired) electrons. The van der Waals surface area contributed by atoms with Crippen LogP contribution in [0.3, 0.4) is 0 Å². The van der Waals surface area contributed by atoms with Gasteiger partial charge in [0, 0.05) is 67.3 Å². The predicted octanol–water partition coefficient (Wildman–Crippen LogP) is 9.39. The number of rotatable bonds is 14. The number of tetrazole rings is 1. The van der Waals surface area contributed by atoms with Crippen LogP contribution in [0.5, 0.6) is 0 Å². The number of aryl methyl sites for hydroxylation is 2. The van der Waals surface area contributed by atoms with Crippen molar-refractivity contribution in [2.75, 3.05) is 13.1 Å². The van der Waals surface area contributed by atoms with E-state index in [9.17, 15) is 14.7 Å². The van der Waals surface area contributed by atoms with Crippen LogP contribution in [0.2, 0.25) is 5.02 Å². The van der Waals surface area contributed by atoms with Gasteiger partial charge in [0.25, 0.3) is 0 Å². The first-order valence-corrected chi connectivity index (χ1v) is 22.1. The number of benzene rings is 3. The number of aromatic nitrogens is 6. The zero-order chi connectivity index (χ0) is 43.2. The molecule has 3 aromatic carbocycles. The summed E-state index contributed by atoms with van der Waals surface area (Å²) in [5, 5.41) is 26.0. The summed E-state index contributed by atoms with van der Waals surface area (Å²) in [6.07, 6.45) is 12.3. The number of likely N-dealkylation sites (tertiary alicyclic amines) is 1. The lowest BCUT2D eigenvalue weighted by molar-refractivity contribution is -0.153. The fourth-order valence-electron chi connectivity index (χ4n) is 9.07. The van der Waals surface area contributed by atoms with Crippen molar-refractivity contribution in [2.45, 2.75) is 91.3 Å². The minimum absolute atomic E-state index is 0.140. The van der Waals surface area contributed by atoms with E-state index in [4.69, 9.17) is 16.6 Å². The van der Waals surface area contributed by atoms with Crippen LogP contribution in [0.15, 0.2) is 103 Å². The zero-order valence-corrected chi connectivity index (χ0v) is 36.4. The zero-order valence-electron chi connectivity index (χ0n) is 35.6. The molecule has 0 saturated carbocycles. The Labute approximate surface area is 368 Å². The van der Waals surface area contributed by atoms with E-state index < -0.39 is 12.0 Å². The second kappa shape index (κ2) is 19.3. The van der Waals surface area contributed by atoms with Gasteiger partial charge in [-0.25, -0.2) is 4.79 Å². The van der Waals surface area contributed by atoms with Crippen LogP contribution >= 0.6 is 11.6 Å². The summed E-state index contributed by atoms with van der Waals surface area (Å²) in [6, 6.07) is 26.2. The first-order valence-electron chi connectivity index (χ1n) is 21.7. The average molecular weight is 849 g/mol. The fourth-order valence-corrected chi connectivity index (χ4v) is 9.27. The molecule has 1 aliphatic heterocycles. The van der Waals surface area contributed by atoms with Gasteiger partial charge < -0.3 is 10.0 Å². The second-order valence-electron chi connectivity index (χ2n) is 16.9. The molecule has 8 rings (SSSR count). The van der Waals surface area contributed by atoms with Gasteiger partial charge in [0.1, 0.15) is 6.04 Å². The molecule has 11 nitrogen and oxygen atoms in total. The number of fused-ring (bicyclic) bond motifs is 2. The summed E-state index contributed by atoms with van der Waals surface area (Å²) in [4.78, 5) is 39.2. The van der Waals surface area contributed by atoms with Crippen molar-refractivity contribution in [2.24, 2.45) is 5.92 Å². The Kier molecular flexibility index (Phi) is 13.3. The average Bonchev–Trinajstić information content (AvgIpc) is 3.76. The SMILES string of the molecule is CCCCC(=O)N(Cc1ccc(-c2ccc(Cc3cncc(CN4CCC(=C5c6ccc(Cl)cc6CCc6cccnc65)CC4)c3)cc2-c2nn[nH]n2)cc1)[C@H](C(=O)O)C(C)C. The smallest absolute Gasteiger partial charge is 0.326 e. The van der Waals surface area contributed by atoms with E-state index in [1.54, 1.807) is 0 Å². The number of unbranched alkanes of at least 4 members (excludes halogenated alkanes) is 1. The standard InChI is InChI=1S/C50H53ClN8O3/c1-4-5-8-45(60)59(48(32(2)3)50(61)62)31-33-9-12-37(13-10-33)42-17-11-34(26-44(42)49-54-56-57-55-49)24-35-25-36(29-52-28-35)30-58-22-19-38(20-23-58)46-43-18-16-41(51)27-40(43)15-14-39-7-6-21-53-47(39)46/h6-7,9-13,16-18,21,25-29,32,48H,4-5,8,14-15,19-20,22-24,30-31H2,1-3H3,(H,61,62)(H,54,55,56,57)/t48-/m0/s1. The monoisotopic (exact) mass is 848 g/mol. The number of hydrogen-bond acceptors (Lipinski definition) is 8. The summed E-state index contributed by atoms with van der Waals surface area (Å²) in [5.41, 5.74) is 14.7. The lowest BCUT2D eigenvalue weighted by Gasteiger charge is -2.32.